The van der Waals surface area contributed by atoms with Crippen molar-refractivity contribution in [2.45, 2.75) is 13.1 Å². The summed E-state index contributed by atoms with van der Waals surface area (Å²) in [6, 6.07) is 4.59. The Labute approximate surface area is 135 Å². The number of aromatic nitrogens is 2. The van der Waals surface area contributed by atoms with Crippen molar-refractivity contribution < 1.29 is 18.0 Å². The van der Waals surface area contributed by atoms with Crippen molar-refractivity contribution in [3.05, 3.63) is 47.3 Å². The zero-order chi connectivity index (χ0) is 16.5. The number of nitrogens with one attached hydrogen (secondary N) is 2. The molecule has 0 radical (unpaired) electrons. The number of carbonyl (C=O) groups is 1. The zero-order valence-electron chi connectivity index (χ0n) is 11.8. The number of halogens is 4. The van der Waals surface area contributed by atoms with E-state index in [0.29, 0.717) is 5.69 Å². The van der Waals surface area contributed by atoms with Gasteiger partial charge in [-0.1, -0.05) is 6.07 Å². The first kappa shape index (κ1) is 18.5. The van der Waals surface area contributed by atoms with Crippen molar-refractivity contribution in [1.82, 2.24) is 15.1 Å². The van der Waals surface area contributed by atoms with Gasteiger partial charge in [0, 0.05) is 0 Å². The first-order valence-electron chi connectivity index (χ1n) is 6.08. The summed E-state index contributed by atoms with van der Waals surface area (Å²) < 4.78 is 39.4. The Kier molecular flexibility index (Phi) is 5.38. The molecule has 0 aliphatic heterocycles. The van der Waals surface area contributed by atoms with Gasteiger partial charge in [0.05, 0.1) is 28.7 Å². The summed E-state index contributed by atoms with van der Waals surface area (Å²) in [4.78, 5) is 11.8. The minimum atomic E-state index is -4.47. The van der Waals surface area contributed by atoms with E-state index in [1.54, 1.807) is 0 Å². The number of nitrogens with zero attached hydrogens (tertiary/aromatic N) is 2. The fraction of sp³-hybridized carbons (Fsp3) is 0.154. The first-order chi connectivity index (χ1) is 10.2. The average Bonchev–Trinajstić information content (AvgIpc) is 2.79. The molecule has 0 saturated heterocycles. The van der Waals surface area contributed by atoms with Crippen LogP contribution in [0.15, 0.2) is 30.5 Å². The van der Waals surface area contributed by atoms with Gasteiger partial charge in [-0.3, -0.25) is 15.5 Å². The van der Waals surface area contributed by atoms with E-state index in [4.69, 9.17) is 11.1 Å². The smallest absolute Gasteiger partial charge is 0.370 e. The van der Waals surface area contributed by atoms with Crippen LogP contribution < -0.4 is 11.1 Å². The van der Waals surface area contributed by atoms with Crippen LogP contribution >= 0.6 is 12.4 Å². The number of benzene rings is 1. The molecule has 1 aromatic carbocycles. The van der Waals surface area contributed by atoms with E-state index in [2.05, 4.69) is 10.4 Å². The molecule has 1 aromatic heterocycles. The highest BCUT2D eigenvalue weighted by Gasteiger charge is 2.30. The van der Waals surface area contributed by atoms with Crippen LogP contribution in [0.25, 0.3) is 5.69 Å². The summed E-state index contributed by atoms with van der Waals surface area (Å²) in [6.45, 7) is 1.53. The molecule has 0 fully saturated rings. The van der Waals surface area contributed by atoms with Gasteiger partial charge in [0.15, 0.2) is 5.96 Å². The normalized spacial score (nSPS) is 10.8. The largest absolute Gasteiger partial charge is 0.416 e. The van der Waals surface area contributed by atoms with Gasteiger partial charge in [-0.15, -0.1) is 12.4 Å². The van der Waals surface area contributed by atoms with Crippen LogP contribution in [-0.4, -0.2) is 21.6 Å². The molecule has 10 heteroatoms. The third-order valence-corrected chi connectivity index (χ3v) is 2.92. The molecule has 0 bridgehead atoms. The second kappa shape index (κ2) is 6.69. The number of hydrogen-bond acceptors (Lipinski definition) is 3. The minimum Gasteiger partial charge on any atom is -0.370 e. The summed E-state index contributed by atoms with van der Waals surface area (Å²) in [5, 5.41) is 13.0. The maximum atomic E-state index is 12.7. The Morgan fingerprint density at radius 2 is 2.04 bits per heavy atom. The molecule has 2 aromatic rings. The second-order valence-electron chi connectivity index (χ2n) is 4.47. The maximum Gasteiger partial charge on any atom is 0.416 e. The predicted octanol–water partition coefficient (Wildman–Crippen LogP) is 2.24. The van der Waals surface area contributed by atoms with Crippen LogP contribution in [0.5, 0.6) is 0 Å². The van der Waals surface area contributed by atoms with Gasteiger partial charge in [0.2, 0.25) is 0 Å². The third kappa shape index (κ3) is 4.01. The Hall–Kier alpha value is -2.55. The Balaban J connectivity index is 0.00000264. The van der Waals surface area contributed by atoms with E-state index < -0.39 is 23.6 Å². The maximum absolute atomic E-state index is 12.7. The second-order valence-corrected chi connectivity index (χ2v) is 4.47. The van der Waals surface area contributed by atoms with Crippen molar-refractivity contribution in [3.8, 4) is 5.69 Å². The average molecular weight is 348 g/mol. The van der Waals surface area contributed by atoms with Crippen molar-refractivity contribution in [2.24, 2.45) is 5.73 Å². The molecule has 0 atom stereocenters. The number of alkyl halides is 3. The summed E-state index contributed by atoms with van der Waals surface area (Å²) in [7, 11) is 0. The molecule has 124 valence electrons. The van der Waals surface area contributed by atoms with Crippen molar-refractivity contribution in [2.75, 3.05) is 0 Å². The van der Waals surface area contributed by atoms with Gasteiger partial charge in [0.1, 0.15) is 0 Å². The summed E-state index contributed by atoms with van der Waals surface area (Å²) in [5.41, 5.74) is 4.88. The highest BCUT2D eigenvalue weighted by Crippen LogP contribution is 2.30. The molecule has 0 unspecified atom stereocenters. The number of carbonyl (C=O) groups excluding carboxylic acids is 1. The van der Waals surface area contributed by atoms with E-state index in [1.165, 1.54) is 29.9 Å². The Morgan fingerprint density at radius 1 is 1.39 bits per heavy atom. The van der Waals surface area contributed by atoms with Crippen LogP contribution in [-0.2, 0) is 6.18 Å². The number of rotatable bonds is 2. The van der Waals surface area contributed by atoms with Gasteiger partial charge in [-0.05, 0) is 25.1 Å². The summed E-state index contributed by atoms with van der Waals surface area (Å²) >= 11 is 0. The molecule has 1 amide bonds. The fourth-order valence-electron chi connectivity index (χ4n) is 1.90. The lowest BCUT2D eigenvalue weighted by Crippen LogP contribution is -2.35. The highest BCUT2D eigenvalue weighted by atomic mass is 35.5. The Bertz CT molecular complexity index is 741. The lowest BCUT2D eigenvalue weighted by atomic mass is 10.2. The zero-order valence-corrected chi connectivity index (χ0v) is 12.6. The van der Waals surface area contributed by atoms with Crippen LogP contribution in [0.1, 0.15) is 21.6 Å². The lowest BCUT2D eigenvalue weighted by Gasteiger charge is -2.10. The minimum absolute atomic E-state index is 0. The lowest BCUT2D eigenvalue weighted by molar-refractivity contribution is -0.137. The van der Waals surface area contributed by atoms with Crippen LogP contribution in [0.2, 0.25) is 0 Å². The molecule has 0 saturated carbocycles. The van der Waals surface area contributed by atoms with Crippen LogP contribution in [0.3, 0.4) is 0 Å². The van der Waals surface area contributed by atoms with Crippen LogP contribution in [0.4, 0.5) is 13.2 Å². The molecular weight excluding hydrogens is 335 g/mol. The van der Waals surface area contributed by atoms with Crippen molar-refractivity contribution in [3.63, 3.8) is 0 Å². The van der Waals surface area contributed by atoms with E-state index in [0.717, 1.165) is 12.1 Å². The molecule has 1 heterocycles. The predicted molar refractivity (Wildman–Crippen MR) is 79.9 cm³/mol. The molecule has 6 nitrogen and oxygen atoms in total. The standard InChI is InChI=1S/C13H12F3N5O.ClH/c1-7-10(11(22)20-12(17)18)6-19-21(7)9-4-2-3-8(5-9)13(14,15)16;/h2-6H,1H3,(H4,17,18,20,22);1H. The monoisotopic (exact) mass is 347 g/mol. The van der Waals surface area contributed by atoms with Crippen molar-refractivity contribution in [1.29, 1.82) is 5.41 Å². The van der Waals surface area contributed by atoms with E-state index >= 15 is 0 Å². The highest BCUT2D eigenvalue weighted by molar-refractivity contribution is 6.04. The number of amides is 1. The Morgan fingerprint density at radius 3 is 2.61 bits per heavy atom. The summed E-state index contributed by atoms with van der Waals surface area (Å²) in [6.07, 6.45) is -3.26. The summed E-state index contributed by atoms with van der Waals surface area (Å²) in [5.74, 6) is -1.18. The first-order valence-corrected chi connectivity index (χ1v) is 6.08. The quantitative estimate of drug-likeness (QED) is 0.574. The topological polar surface area (TPSA) is 96.8 Å². The van der Waals surface area contributed by atoms with Gasteiger partial charge in [-0.25, -0.2) is 4.68 Å². The SMILES string of the molecule is Cc1c(C(=O)NC(=N)N)cnn1-c1cccc(C(F)(F)F)c1.Cl. The number of hydrogen-bond donors (Lipinski definition) is 3. The third-order valence-electron chi connectivity index (χ3n) is 2.92. The van der Waals surface area contributed by atoms with Crippen molar-refractivity contribution >= 4 is 24.3 Å². The molecule has 4 N–H and O–H groups in total. The molecular formula is C13H13ClF3N5O. The van der Waals surface area contributed by atoms with E-state index in [1.807, 2.05) is 0 Å². The molecule has 0 spiro atoms. The van der Waals surface area contributed by atoms with Gasteiger partial charge < -0.3 is 5.73 Å². The van der Waals surface area contributed by atoms with Crippen LogP contribution in [0, 0.1) is 12.3 Å². The number of guanidine groups is 1. The molecule has 0 aliphatic carbocycles. The van der Waals surface area contributed by atoms with Gasteiger partial charge in [0.25, 0.3) is 5.91 Å². The van der Waals surface area contributed by atoms with Gasteiger partial charge in [-0.2, -0.15) is 18.3 Å². The fourth-order valence-corrected chi connectivity index (χ4v) is 1.90. The molecule has 2 rings (SSSR count). The van der Waals surface area contributed by atoms with Gasteiger partial charge >= 0.3 is 6.18 Å². The molecule has 23 heavy (non-hydrogen) atoms. The number of nitrogens with two attached hydrogens (primary N) is 1. The molecule has 0 aliphatic rings. The van der Waals surface area contributed by atoms with E-state index in [9.17, 15) is 18.0 Å². The van der Waals surface area contributed by atoms with E-state index in [-0.39, 0.29) is 23.7 Å².